The molecule has 0 heterocycles. The number of rotatable bonds is 61. The zero-order valence-corrected chi connectivity index (χ0v) is 59.1. The number of carbonyl (C=O) groups is 2. The molecular weight excluding hydrogens is 1160 g/mol. The molecule has 0 saturated carbocycles. The fourth-order valence-electron chi connectivity index (χ4n) is 8.40. The average Bonchev–Trinajstić information content (AvgIpc) is 2.14. The molecule has 0 aliphatic carbocycles. The maximum Gasteiger partial charge on any atom is 0.472 e. The van der Waals surface area contributed by atoms with Crippen LogP contribution in [0.3, 0.4) is 0 Å². The van der Waals surface area contributed by atoms with E-state index < -0.39 is 32.5 Å². The highest BCUT2D eigenvalue weighted by molar-refractivity contribution is 7.47. The number of unbranched alkanes of at least 4 members (excludes halogenated alkanes) is 9. The summed E-state index contributed by atoms with van der Waals surface area (Å²) in [4.78, 5) is 35.8. The number of phosphoric ester groups is 1. The first-order chi connectivity index (χ1) is 45.0. The van der Waals surface area contributed by atoms with Gasteiger partial charge in [0.2, 0.25) is 0 Å². The van der Waals surface area contributed by atoms with Gasteiger partial charge < -0.3 is 18.9 Å². The van der Waals surface area contributed by atoms with E-state index in [4.69, 9.17) is 18.5 Å². The predicted molar refractivity (Wildman–Crippen MR) is 398 cm³/mol. The maximum absolute atomic E-state index is 12.9. The second kappa shape index (κ2) is 69.4. The van der Waals surface area contributed by atoms with Gasteiger partial charge in [0.05, 0.1) is 27.7 Å². The molecule has 0 aromatic heterocycles. The van der Waals surface area contributed by atoms with Crippen LogP contribution in [0.2, 0.25) is 0 Å². The molecule has 9 nitrogen and oxygen atoms in total. The van der Waals surface area contributed by atoms with Crippen molar-refractivity contribution in [2.45, 2.75) is 225 Å². The Morgan fingerprint density at radius 2 is 0.598 bits per heavy atom. The third kappa shape index (κ3) is 73.1. The van der Waals surface area contributed by atoms with Gasteiger partial charge in [-0.15, -0.1) is 0 Å². The smallest absolute Gasteiger partial charge is 0.462 e. The number of carbonyl (C=O) groups excluding carboxylic acids is 2. The zero-order chi connectivity index (χ0) is 66.9. The average molecular weight is 1290 g/mol. The first-order valence-electron chi connectivity index (χ1n) is 35.1. The highest BCUT2D eigenvalue weighted by Gasteiger charge is 2.27. The first kappa shape index (κ1) is 86.1. The number of allylic oxidation sites excluding steroid dienone is 38. The van der Waals surface area contributed by atoms with Gasteiger partial charge in [0, 0.05) is 12.8 Å². The second-order valence-electron chi connectivity index (χ2n) is 23.4. The third-order valence-electron chi connectivity index (χ3n) is 13.7. The van der Waals surface area contributed by atoms with Crippen LogP contribution in [0.5, 0.6) is 0 Å². The van der Waals surface area contributed by atoms with Gasteiger partial charge in [0.25, 0.3) is 0 Å². The van der Waals surface area contributed by atoms with E-state index in [2.05, 4.69) is 245 Å². The lowest BCUT2D eigenvalue weighted by Gasteiger charge is -2.24. The molecule has 512 valence electrons. The lowest BCUT2D eigenvalue weighted by atomic mass is 10.1. The summed E-state index contributed by atoms with van der Waals surface area (Å²) in [5.41, 5.74) is 0. The lowest BCUT2D eigenvalue weighted by Crippen LogP contribution is -2.37. The molecule has 10 heteroatoms. The highest BCUT2D eigenvalue weighted by Crippen LogP contribution is 2.43. The van der Waals surface area contributed by atoms with Crippen molar-refractivity contribution in [1.29, 1.82) is 0 Å². The van der Waals surface area contributed by atoms with Gasteiger partial charge >= 0.3 is 19.8 Å². The molecule has 0 aliphatic heterocycles. The molecule has 0 spiro atoms. The van der Waals surface area contributed by atoms with Gasteiger partial charge in [0.1, 0.15) is 19.8 Å². The molecule has 0 aliphatic rings. The van der Waals surface area contributed by atoms with Crippen LogP contribution in [0.1, 0.15) is 219 Å². The van der Waals surface area contributed by atoms with E-state index in [0.717, 1.165) is 154 Å². The Balaban J connectivity index is 4.25. The maximum atomic E-state index is 12.9. The molecule has 2 unspecified atom stereocenters. The Kier molecular flexibility index (Phi) is 64.9. The minimum atomic E-state index is -4.43. The van der Waals surface area contributed by atoms with Gasteiger partial charge in [-0.1, -0.05) is 283 Å². The molecule has 0 fully saturated rings. The molecule has 0 aromatic rings. The summed E-state index contributed by atoms with van der Waals surface area (Å²) in [6.45, 7) is 4.09. The largest absolute Gasteiger partial charge is 0.472 e. The predicted octanol–water partition coefficient (Wildman–Crippen LogP) is 23.4. The Hall–Kier alpha value is -5.93. The zero-order valence-electron chi connectivity index (χ0n) is 58.2. The van der Waals surface area contributed by atoms with E-state index in [1.54, 1.807) is 0 Å². The molecule has 0 saturated heterocycles. The molecule has 0 rings (SSSR count). The molecule has 2 atom stereocenters. The highest BCUT2D eigenvalue weighted by atomic mass is 31.2. The number of ether oxygens (including phenoxy) is 2. The number of likely N-dealkylation sites (N-methyl/N-ethyl adjacent to an activating group) is 1. The lowest BCUT2D eigenvalue weighted by molar-refractivity contribution is -0.870. The number of quaternary nitrogens is 1. The normalized spacial score (nSPS) is 14.5. The fourth-order valence-corrected chi connectivity index (χ4v) is 9.14. The van der Waals surface area contributed by atoms with Crippen LogP contribution in [0, 0.1) is 0 Å². The number of hydrogen-bond acceptors (Lipinski definition) is 7. The van der Waals surface area contributed by atoms with Gasteiger partial charge in [-0.3, -0.25) is 18.6 Å². The summed E-state index contributed by atoms with van der Waals surface area (Å²) >= 11 is 0. The SMILES string of the molecule is CC/C=C\C/C=C\C/C=C\C/C=C\C/C=C\C/C=C\C/C=C\C/C=C\C/C=C\C/C=C\CCCCCCCCCCC(=O)OC(COC(=O)CCC/C=C\C/C=C\C/C=C\C/C=C\C/C=C\C/C=C\C/C=C\C/C=C\C/C=C\CC)COP(=O)(O)OCC[N+](C)(C)C. The topological polar surface area (TPSA) is 108 Å². The quantitative estimate of drug-likeness (QED) is 0.0211. The number of hydrogen-bond donors (Lipinski definition) is 1. The molecule has 0 bridgehead atoms. The summed E-state index contributed by atoms with van der Waals surface area (Å²) in [6, 6.07) is 0. The van der Waals surface area contributed by atoms with Crippen molar-refractivity contribution in [3.05, 3.63) is 231 Å². The van der Waals surface area contributed by atoms with Gasteiger partial charge in [-0.25, -0.2) is 4.57 Å². The number of phosphoric acid groups is 1. The van der Waals surface area contributed by atoms with E-state index in [-0.39, 0.29) is 26.1 Å². The van der Waals surface area contributed by atoms with Crippen molar-refractivity contribution in [1.82, 2.24) is 0 Å². The van der Waals surface area contributed by atoms with Gasteiger partial charge in [-0.05, 0) is 154 Å². The van der Waals surface area contributed by atoms with Crippen LogP contribution in [0.25, 0.3) is 0 Å². The van der Waals surface area contributed by atoms with E-state index in [1.165, 1.54) is 25.7 Å². The van der Waals surface area contributed by atoms with Crippen molar-refractivity contribution in [2.75, 3.05) is 47.5 Å². The summed E-state index contributed by atoms with van der Waals surface area (Å²) < 4.78 is 34.6. The Labute approximate surface area is 562 Å². The van der Waals surface area contributed by atoms with Crippen molar-refractivity contribution in [2.24, 2.45) is 0 Å². The molecule has 0 amide bonds. The van der Waals surface area contributed by atoms with E-state index >= 15 is 0 Å². The minimum absolute atomic E-state index is 0.00720. The fraction of sp³-hybridized carbons (Fsp3) is 0.512. The Morgan fingerprint density at radius 1 is 0.337 bits per heavy atom. The molecule has 0 radical (unpaired) electrons. The van der Waals surface area contributed by atoms with Gasteiger partial charge in [0.15, 0.2) is 6.10 Å². The van der Waals surface area contributed by atoms with E-state index in [9.17, 15) is 19.0 Å². The summed E-state index contributed by atoms with van der Waals surface area (Å²) in [5.74, 6) is -0.897. The van der Waals surface area contributed by atoms with Crippen LogP contribution in [-0.4, -0.2) is 74.9 Å². The van der Waals surface area contributed by atoms with Crippen LogP contribution in [0.4, 0.5) is 0 Å². The van der Waals surface area contributed by atoms with Crippen molar-refractivity contribution < 1.29 is 42.1 Å². The Morgan fingerprint density at radius 3 is 0.902 bits per heavy atom. The molecular formula is C82H127NO8P+. The van der Waals surface area contributed by atoms with Crippen LogP contribution < -0.4 is 0 Å². The van der Waals surface area contributed by atoms with Crippen molar-refractivity contribution in [3.63, 3.8) is 0 Å². The van der Waals surface area contributed by atoms with Crippen LogP contribution in [0.15, 0.2) is 231 Å². The first-order valence-corrected chi connectivity index (χ1v) is 36.6. The monoisotopic (exact) mass is 1280 g/mol. The summed E-state index contributed by atoms with van der Waals surface area (Å²) in [5, 5.41) is 0. The molecule has 0 aromatic carbocycles. The molecule has 1 N–H and O–H groups in total. The van der Waals surface area contributed by atoms with Gasteiger partial charge in [-0.2, -0.15) is 0 Å². The van der Waals surface area contributed by atoms with Crippen molar-refractivity contribution in [3.8, 4) is 0 Å². The minimum Gasteiger partial charge on any atom is -0.462 e. The van der Waals surface area contributed by atoms with E-state index in [1.807, 2.05) is 21.1 Å². The second-order valence-corrected chi connectivity index (χ2v) is 24.9. The summed E-state index contributed by atoms with van der Waals surface area (Å²) in [6.07, 6.45) is 113. The van der Waals surface area contributed by atoms with Crippen LogP contribution >= 0.6 is 7.82 Å². The van der Waals surface area contributed by atoms with Crippen LogP contribution in [-0.2, 0) is 32.7 Å². The molecule has 92 heavy (non-hydrogen) atoms. The standard InChI is InChI=1S/C82H126NO8P/c1-6-8-10-12-14-16-18-20-22-24-26-28-30-32-34-36-37-38-39-40-41-42-43-44-45-47-49-51-53-55-57-59-61-63-65-67-69-71-73-75-82(85)91-80(79-90-92(86,87)89-77-76-83(3,4)5)78-88-81(84)74-72-70-68-66-64-62-60-58-56-54-52-50-48-46-35-33-31-29-27-25-23-21-19-17-15-13-11-9-7-2/h8-11,14-17,20-23,26-29,32-35,37-38,40-41,43-44,47-50,53-56,60,62,66,68,80H,6-7,12-13,18-19,24-25,30-31,36,39,42,45-46,51-52,57-59,61,63-65,67,69-79H2,1-5H3/p+1/b10-8-,11-9-,16-14-,17-15-,22-20-,23-21-,28-26-,29-27-,34-32-,35-33-,38-37-,41-40-,44-43-,49-47-,50-48-,55-53-,56-54-,62-60-,68-66-. The number of esters is 2. The van der Waals surface area contributed by atoms with Crippen molar-refractivity contribution >= 4 is 19.8 Å². The Bertz CT molecular complexity index is 2400. The number of nitrogens with zero attached hydrogens (tertiary/aromatic N) is 1. The third-order valence-corrected chi connectivity index (χ3v) is 14.7. The van der Waals surface area contributed by atoms with E-state index in [0.29, 0.717) is 23.9 Å². The summed E-state index contributed by atoms with van der Waals surface area (Å²) in [7, 11) is 1.40.